The van der Waals surface area contributed by atoms with E-state index in [9.17, 15) is 4.79 Å². The minimum absolute atomic E-state index is 0.152. The molecule has 1 aromatic rings. The van der Waals surface area contributed by atoms with Gasteiger partial charge in [-0.1, -0.05) is 45.2 Å². The second-order valence-electron chi connectivity index (χ2n) is 5.16. The fourth-order valence-corrected chi connectivity index (χ4v) is 3.93. The van der Waals surface area contributed by atoms with Crippen molar-refractivity contribution in [3.05, 3.63) is 32.7 Å². The van der Waals surface area contributed by atoms with Crippen molar-refractivity contribution >= 4 is 37.8 Å². The quantitative estimate of drug-likeness (QED) is 0.708. The topological polar surface area (TPSA) is 20.3 Å². The highest BCUT2D eigenvalue weighted by atomic mass is 79.9. The number of hydrogen-bond donors (Lipinski definition) is 0. The molecule has 1 fully saturated rings. The van der Waals surface area contributed by atoms with Crippen LogP contribution in [0.15, 0.2) is 27.1 Å². The van der Waals surface area contributed by atoms with Crippen LogP contribution in [-0.4, -0.2) is 23.9 Å². The molecule has 0 aromatic heterocycles. The maximum absolute atomic E-state index is 12.5. The average Bonchev–Trinajstić information content (AvgIpc) is 2.61. The lowest BCUT2D eigenvalue weighted by molar-refractivity contribution is 0.0760. The van der Waals surface area contributed by atoms with Crippen molar-refractivity contribution in [2.75, 3.05) is 13.1 Å². The number of hydrogen-bond acceptors (Lipinski definition) is 1. The number of benzene rings is 1. The third-order valence-electron chi connectivity index (χ3n) is 3.82. The fourth-order valence-electron chi connectivity index (χ4n) is 2.64. The summed E-state index contributed by atoms with van der Waals surface area (Å²) in [6, 6.07) is 5.75. The Kier molecular flexibility index (Phi) is 5.46. The van der Waals surface area contributed by atoms with Gasteiger partial charge >= 0.3 is 0 Å². The molecule has 0 spiro atoms. The minimum atomic E-state index is 0.152. The van der Waals surface area contributed by atoms with Gasteiger partial charge in [-0.15, -0.1) is 0 Å². The molecule has 0 radical (unpaired) electrons. The maximum Gasteiger partial charge on any atom is 0.253 e. The molecule has 1 atom stereocenters. The molecule has 4 heteroatoms. The van der Waals surface area contributed by atoms with E-state index in [0.29, 0.717) is 0 Å². The van der Waals surface area contributed by atoms with Crippen molar-refractivity contribution in [3.8, 4) is 0 Å². The van der Waals surface area contributed by atoms with Crippen molar-refractivity contribution in [1.82, 2.24) is 4.90 Å². The Morgan fingerprint density at radius 2 is 1.89 bits per heavy atom. The molecule has 1 aliphatic rings. The zero-order valence-electron chi connectivity index (χ0n) is 11.2. The van der Waals surface area contributed by atoms with Gasteiger partial charge in [0.15, 0.2) is 0 Å². The monoisotopic (exact) mass is 387 g/mol. The number of halogens is 2. The van der Waals surface area contributed by atoms with E-state index in [2.05, 4.69) is 38.8 Å². The van der Waals surface area contributed by atoms with Gasteiger partial charge in [0.2, 0.25) is 0 Å². The standard InChI is InChI=1S/C15H19Br2NO/c1-2-11-4-3-6-18(7-5-11)15(19)12-8-13(16)10-14(17)9-12/h8-11H,2-7H2,1H3. The summed E-state index contributed by atoms with van der Waals surface area (Å²) in [5, 5.41) is 0. The molecule has 2 rings (SSSR count). The van der Waals surface area contributed by atoms with Crippen LogP contribution in [0.5, 0.6) is 0 Å². The fraction of sp³-hybridized carbons (Fsp3) is 0.533. The number of carbonyl (C=O) groups is 1. The highest BCUT2D eigenvalue weighted by Gasteiger charge is 2.21. The molecular formula is C15H19Br2NO. The summed E-state index contributed by atoms with van der Waals surface area (Å²) in [5.74, 6) is 0.936. The Morgan fingerprint density at radius 1 is 1.21 bits per heavy atom. The van der Waals surface area contributed by atoms with E-state index in [1.165, 1.54) is 12.8 Å². The van der Waals surface area contributed by atoms with Crippen LogP contribution in [0, 0.1) is 5.92 Å². The third-order valence-corrected chi connectivity index (χ3v) is 4.74. The molecule has 0 aliphatic carbocycles. The number of amides is 1. The Balaban J connectivity index is 2.10. The summed E-state index contributed by atoms with van der Waals surface area (Å²) < 4.78 is 1.87. The molecule has 1 aromatic carbocycles. The molecule has 0 N–H and O–H groups in total. The smallest absolute Gasteiger partial charge is 0.253 e. The summed E-state index contributed by atoms with van der Waals surface area (Å²) in [6.45, 7) is 4.02. The number of likely N-dealkylation sites (tertiary alicyclic amines) is 1. The van der Waals surface area contributed by atoms with Gasteiger partial charge in [-0.25, -0.2) is 0 Å². The summed E-state index contributed by atoms with van der Waals surface area (Å²) in [5.41, 5.74) is 0.760. The molecule has 104 valence electrons. The Morgan fingerprint density at radius 3 is 2.53 bits per heavy atom. The van der Waals surface area contributed by atoms with Gasteiger partial charge in [-0.3, -0.25) is 4.79 Å². The normalized spacial score (nSPS) is 20.2. The molecule has 2 nitrogen and oxygen atoms in total. The number of carbonyl (C=O) groups excluding carboxylic acids is 1. The second-order valence-corrected chi connectivity index (χ2v) is 6.99. The van der Waals surface area contributed by atoms with Crippen LogP contribution in [0.2, 0.25) is 0 Å². The highest BCUT2D eigenvalue weighted by molar-refractivity contribution is 9.11. The predicted octanol–water partition coefficient (Wildman–Crippen LogP) is 4.86. The first-order valence-corrected chi connectivity index (χ1v) is 8.44. The van der Waals surface area contributed by atoms with Gasteiger partial charge in [-0.2, -0.15) is 0 Å². The lowest BCUT2D eigenvalue weighted by Gasteiger charge is -2.21. The lowest BCUT2D eigenvalue weighted by atomic mass is 9.98. The van der Waals surface area contributed by atoms with Crippen molar-refractivity contribution in [2.24, 2.45) is 5.92 Å². The van der Waals surface area contributed by atoms with Gasteiger partial charge < -0.3 is 4.90 Å². The first-order chi connectivity index (χ1) is 9.10. The average molecular weight is 389 g/mol. The van der Waals surface area contributed by atoms with E-state index in [1.807, 2.05) is 23.1 Å². The van der Waals surface area contributed by atoms with Crippen LogP contribution in [0.1, 0.15) is 43.0 Å². The van der Waals surface area contributed by atoms with Crippen LogP contribution in [0.3, 0.4) is 0 Å². The van der Waals surface area contributed by atoms with E-state index < -0.39 is 0 Å². The summed E-state index contributed by atoms with van der Waals surface area (Å²) >= 11 is 6.88. The van der Waals surface area contributed by atoms with Crippen LogP contribution >= 0.6 is 31.9 Å². The molecular weight excluding hydrogens is 370 g/mol. The minimum Gasteiger partial charge on any atom is -0.339 e. The zero-order chi connectivity index (χ0) is 13.8. The van der Waals surface area contributed by atoms with Crippen molar-refractivity contribution in [2.45, 2.75) is 32.6 Å². The molecule has 0 saturated carbocycles. The molecule has 1 unspecified atom stereocenters. The first kappa shape index (κ1) is 15.0. The SMILES string of the molecule is CCC1CCCN(C(=O)c2cc(Br)cc(Br)c2)CC1. The molecule has 1 saturated heterocycles. The Hall–Kier alpha value is -0.350. The second kappa shape index (κ2) is 6.89. The van der Waals surface area contributed by atoms with E-state index in [1.54, 1.807) is 0 Å². The van der Waals surface area contributed by atoms with E-state index in [0.717, 1.165) is 46.4 Å². The van der Waals surface area contributed by atoms with E-state index >= 15 is 0 Å². The molecule has 1 aliphatic heterocycles. The lowest BCUT2D eigenvalue weighted by Crippen LogP contribution is -2.32. The van der Waals surface area contributed by atoms with Gasteiger partial charge in [-0.05, 0) is 43.4 Å². The van der Waals surface area contributed by atoms with E-state index in [4.69, 9.17) is 0 Å². The Bertz CT molecular complexity index is 441. The largest absolute Gasteiger partial charge is 0.339 e. The van der Waals surface area contributed by atoms with Gasteiger partial charge in [0, 0.05) is 27.6 Å². The third kappa shape index (κ3) is 4.06. The molecule has 0 bridgehead atoms. The zero-order valence-corrected chi connectivity index (χ0v) is 14.3. The van der Waals surface area contributed by atoms with Crippen molar-refractivity contribution in [1.29, 1.82) is 0 Å². The van der Waals surface area contributed by atoms with E-state index in [-0.39, 0.29) is 5.91 Å². The molecule has 1 heterocycles. The molecule has 19 heavy (non-hydrogen) atoms. The van der Waals surface area contributed by atoms with Crippen LogP contribution < -0.4 is 0 Å². The van der Waals surface area contributed by atoms with Crippen molar-refractivity contribution < 1.29 is 4.79 Å². The molecule has 1 amide bonds. The predicted molar refractivity (Wildman–Crippen MR) is 85.4 cm³/mol. The number of nitrogens with zero attached hydrogens (tertiary/aromatic N) is 1. The Labute approximate surface area is 131 Å². The summed E-state index contributed by atoms with van der Waals surface area (Å²) in [7, 11) is 0. The van der Waals surface area contributed by atoms with Crippen LogP contribution in [-0.2, 0) is 0 Å². The number of rotatable bonds is 2. The van der Waals surface area contributed by atoms with Gasteiger partial charge in [0.25, 0.3) is 5.91 Å². The van der Waals surface area contributed by atoms with Crippen LogP contribution in [0.25, 0.3) is 0 Å². The first-order valence-electron chi connectivity index (χ1n) is 6.85. The van der Waals surface area contributed by atoms with Crippen LogP contribution in [0.4, 0.5) is 0 Å². The van der Waals surface area contributed by atoms with Gasteiger partial charge in [0.05, 0.1) is 0 Å². The van der Waals surface area contributed by atoms with Gasteiger partial charge in [0.1, 0.15) is 0 Å². The highest BCUT2D eigenvalue weighted by Crippen LogP contribution is 2.24. The maximum atomic E-state index is 12.5. The summed E-state index contributed by atoms with van der Waals surface area (Å²) in [4.78, 5) is 14.5. The summed E-state index contributed by atoms with van der Waals surface area (Å²) in [6.07, 6.45) is 4.74. The van der Waals surface area contributed by atoms with Crippen molar-refractivity contribution in [3.63, 3.8) is 0 Å².